The first-order chi connectivity index (χ1) is 29.0. The molecule has 1 aliphatic carbocycles. The zero-order valence-electron chi connectivity index (χ0n) is 33.2. The predicted octanol–water partition coefficient (Wildman–Crippen LogP) is 16.1. The van der Waals surface area contributed by atoms with Crippen LogP contribution in [0.2, 0.25) is 0 Å². The molecule has 0 amide bonds. The van der Waals surface area contributed by atoms with Crippen molar-refractivity contribution >= 4 is 66.4 Å². The van der Waals surface area contributed by atoms with Gasteiger partial charge in [-0.3, -0.25) is 0 Å². The second-order valence-electron chi connectivity index (χ2n) is 16.2. The maximum Gasteiger partial charge on any atom is 0.0540 e. The van der Waals surface area contributed by atoms with Crippen molar-refractivity contribution in [2.45, 2.75) is 19.3 Å². The Morgan fingerprint density at radius 2 is 0.780 bits per heavy atom. The number of benzene rings is 10. The van der Waals surface area contributed by atoms with Gasteiger partial charge in [0, 0.05) is 39.2 Å². The monoisotopic (exact) mass is 754 g/mol. The van der Waals surface area contributed by atoms with Crippen molar-refractivity contribution in [2.75, 3.05) is 9.80 Å². The van der Waals surface area contributed by atoms with Gasteiger partial charge >= 0.3 is 0 Å². The lowest BCUT2D eigenvalue weighted by atomic mass is 9.82. The molecule has 0 spiro atoms. The first-order valence-electron chi connectivity index (χ1n) is 20.5. The molecule has 11 rings (SSSR count). The van der Waals surface area contributed by atoms with Crippen LogP contribution >= 0.6 is 0 Å². The minimum absolute atomic E-state index is 0.243. The molecule has 0 unspecified atom stereocenters. The molecular weight excluding hydrogens is 713 g/mol. The van der Waals surface area contributed by atoms with Crippen molar-refractivity contribution in [3.05, 3.63) is 230 Å². The Labute approximate surface area is 345 Å². The average Bonchev–Trinajstić information content (AvgIpc) is 3.51. The fourth-order valence-corrected chi connectivity index (χ4v) is 9.33. The Morgan fingerprint density at radius 1 is 0.305 bits per heavy atom. The van der Waals surface area contributed by atoms with Gasteiger partial charge in [0.2, 0.25) is 0 Å². The molecule has 0 saturated heterocycles. The number of anilines is 6. The van der Waals surface area contributed by atoms with E-state index in [1.165, 1.54) is 71.4 Å². The fourth-order valence-electron chi connectivity index (χ4n) is 9.33. The molecule has 2 nitrogen and oxygen atoms in total. The van der Waals surface area contributed by atoms with Gasteiger partial charge in [0.15, 0.2) is 0 Å². The number of para-hydroxylation sites is 1. The van der Waals surface area contributed by atoms with Crippen LogP contribution in [0.25, 0.3) is 54.6 Å². The summed E-state index contributed by atoms with van der Waals surface area (Å²) in [6.07, 6.45) is 0. The second-order valence-corrected chi connectivity index (χ2v) is 16.2. The van der Waals surface area contributed by atoms with Gasteiger partial charge in [-0.05, 0) is 133 Å². The van der Waals surface area contributed by atoms with E-state index in [2.05, 4.69) is 242 Å². The first-order valence-corrected chi connectivity index (χ1v) is 20.5. The van der Waals surface area contributed by atoms with Crippen molar-refractivity contribution in [3.63, 3.8) is 0 Å². The Balaban J connectivity index is 1.01. The smallest absolute Gasteiger partial charge is 0.0540 e. The van der Waals surface area contributed by atoms with Crippen LogP contribution in [-0.2, 0) is 5.41 Å². The van der Waals surface area contributed by atoms with E-state index in [-0.39, 0.29) is 5.41 Å². The summed E-state index contributed by atoms with van der Waals surface area (Å²) in [4.78, 5) is 4.83. The zero-order chi connectivity index (χ0) is 39.5. The van der Waals surface area contributed by atoms with Gasteiger partial charge in [-0.25, -0.2) is 0 Å². The molecule has 2 heteroatoms. The van der Waals surface area contributed by atoms with E-state index in [0.717, 1.165) is 28.4 Å². The minimum atomic E-state index is -0.243. The van der Waals surface area contributed by atoms with Crippen molar-refractivity contribution in [1.82, 2.24) is 0 Å². The number of rotatable bonds is 7. The summed E-state index contributed by atoms with van der Waals surface area (Å²) in [6, 6.07) is 80.0. The summed E-state index contributed by atoms with van der Waals surface area (Å²) in [5, 5.41) is 7.42. The van der Waals surface area contributed by atoms with Crippen molar-refractivity contribution in [2.24, 2.45) is 0 Å². The Bertz CT molecular complexity index is 3190. The molecule has 0 aromatic heterocycles. The summed E-state index contributed by atoms with van der Waals surface area (Å²) in [5.41, 5.74) is 14.3. The maximum absolute atomic E-state index is 2.43. The van der Waals surface area contributed by atoms with Crippen molar-refractivity contribution in [3.8, 4) is 22.3 Å². The molecule has 1 aliphatic rings. The van der Waals surface area contributed by atoms with E-state index in [0.29, 0.717) is 0 Å². The topological polar surface area (TPSA) is 6.48 Å². The Kier molecular flexibility index (Phi) is 8.20. The van der Waals surface area contributed by atoms with Gasteiger partial charge in [0.1, 0.15) is 0 Å². The molecule has 0 N–H and O–H groups in total. The molecule has 280 valence electrons. The van der Waals surface area contributed by atoms with E-state index in [1.54, 1.807) is 0 Å². The fraction of sp³-hybridized carbons (Fsp3) is 0.0526. The van der Waals surface area contributed by atoms with E-state index >= 15 is 0 Å². The quantitative estimate of drug-likeness (QED) is 0.160. The molecule has 10 aromatic carbocycles. The SMILES string of the molecule is CC1(C)c2cc(N(c3ccc(-c4ccc5ccccc5c4)cc3)c3ccc4ccccc4c3)ccc2-c2ccc(N(c3ccccc3)c3cccc4ccccc34)cc21. The largest absolute Gasteiger partial charge is 0.310 e. The van der Waals surface area contributed by atoms with Crippen LogP contribution in [0.5, 0.6) is 0 Å². The predicted molar refractivity (Wildman–Crippen MR) is 251 cm³/mol. The van der Waals surface area contributed by atoms with Crippen molar-refractivity contribution < 1.29 is 0 Å². The molecular formula is C57H42N2. The van der Waals surface area contributed by atoms with Crippen molar-refractivity contribution in [1.29, 1.82) is 0 Å². The van der Waals surface area contributed by atoms with E-state index < -0.39 is 0 Å². The van der Waals surface area contributed by atoms with Crippen LogP contribution in [0.4, 0.5) is 34.1 Å². The minimum Gasteiger partial charge on any atom is -0.310 e. The van der Waals surface area contributed by atoms with Crippen LogP contribution in [0, 0.1) is 0 Å². The summed E-state index contributed by atoms with van der Waals surface area (Å²) < 4.78 is 0. The molecule has 0 radical (unpaired) electrons. The van der Waals surface area contributed by atoms with Crippen LogP contribution in [-0.4, -0.2) is 0 Å². The Morgan fingerprint density at radius 3 is 1.47 bits per heavy atom. The van der Waals surface area contributed by atoms with Crippen LogP contribution in [0.3, 0.4) is 0 Å². The molecule has 10 aromatic rings. The number of fused-ring (bicyclic) bond motifs is 6. The summed E-state index contributed by atoms with van der Waals surface area (Å²) in [6.45, 7) is 4.77. The maximum atomic E-state index is 2.43. The summed E-state index contributed by atoms with van der Waals surface area (Å²) in [5.74, 6) is 0. The average molecular weight is 755 g/mol. The van der Waals surface area contributed by atoms with Gasteiger partial charge < -0.3 is 9.80 Å². The second kappa shape index (κ2) is 13.9. The van der Waals surface area contributed by atoms with Gasteiger partial charge in [-0.15, -0.1) is 0 Å². The Hall–Kier alpha value is -7.42. The van der Waals surface area contributed by atoms with E-state index in [1.807, 2.05) is 0 Å². The third-order valence-corrected chi connectivity index (χ3v) is 12.4. The third-order valence-electron chi connectivity index (χ3n) is 12.4. The number of nitrogens with zero attached hydrogens (tertiary/aromatic N) is 2. The molecule has 59 heavy (non-hydrogen) atoms. The summed E-state index contributed by atoms with van der Waals surface area (Å²) in [7, 11) is 0. The third kappa shape index (κ3) is 5.96. The van der Waals surface area contributed by atoms with Gasteiger partial charge in [-0.1, -0.05) is 159 Å². The molecule has 0 saturated carbocycles. The molecule has 0 aliphatic heterocycles. The summed E-state index contributed by atoms with van der Waals surface area (Å²) >= 11 is 0. The lowest BCUT2D eigenvalue weighted by Crippen LogP contribution is -2.17. The normalized spacial score (nSPS) is 12.7. The standard InChI is InChI=1S/C57H42N2/c1-57(2)54-37-49(31-33-52(54)53-34-32-50(38-55(53)57)59(46-19-4-3-5-20-46)56-22-12-18-42-15-10-11-21-51(42)56)58(48-30-27-40-14-7-9-17-44(40)36-48)47-28-25-41(26-29-47)45-24-23-39-13-6-8-16-43(39)35-45/h3-38H,1-2H3. The highest BCUT2D eigenvalue weighted by atomic mass is 15.1. The molecule has 0 atom stereocenters. The highest BCUT2D eigenvalue weighted by Crippen LogP contribution is 2.53. The highest BCUT2D eigenvalue weighted by molar-refractivity contribution is 6.00. The van der Waals surface area contributed by atoms with E-state index in [9.17, 15) is 0 Å². The first kappa shape index (κ1) is 34.8. The number of hydrogen-bond donors (Lipinski definition) is 0. The van der Waals surface area contributed by atoms with Crippen LogP contribution in [0.1, 0.15) is 25.0 Å². The van der Waals surface area contributed by atoms with Gasteiger partial charge in [-0.2, -0.15) is 0 Å². The lowest BCUT2D eigenvalue weighted by Gasteiger charge is -2.29. The molecule has 0 bridgehead atoms. The lowest BCUT2D eigenvalue weighted by molar-refractivity contribution is 0.660. The highest BCUT2D eigenvalue weighted by Gasteiger charge is 2.37. The van der Waals surface area contributed by atoms with Crippen LogP contribution < -0.4 is 9.80 Å². The van der Waals surface area contributed by atoms with Gasteiger partial charge in [0.25, 0.3) is 0 Å². The zero-order valence-corrected chi connectivity index (χ0v) is 33.2. The molecule has 0 fully saturated rings. The number of hydrogen-bond acceptors (Lipinski definition) is 2. The van der Waals surface area contributed by atoms with E-state index in [4.69, 9.17) is 0 Å². The van der Waals surface area contributed by atoms with Gasteiger partial charge in [0.05, 0.1) is 5.69 Å². The van der Waals surface area contributed by atoms with Crippen LogP contribution in [0.15, 0.2) is 218 Å². The molecule has 0 heterocycles.